The summed E-state index contributed by atoms with van der Waals surface area (Å²) in [5, 5.41) is 3.86. The zero-order valence-corrected chi connectivity index (χ0v) is 11.6. The number of pyridine rings is 1. The fourth-order valence-corrected chi connectivity index (χ4v) is 1.50. The number of aromatic nitrogens is 3. The van der Waals surface area contributed by atoms with Gasteiger partial charge in [-0.3, -0.25) is 4.79 Å². The smallest absolute Gasteiger partial charge is 0.234 e. The third-order valence-corrected chi connectivity index (χ3v) is 2.73. The summed E-state index contributed by atoms with van der Waals surface area (Å²) in [5.74, 6) is 0.818. The third-order valence-electron chi connectivity index (χ3n) is 2.73. The molecule has 2 aromatic rings. The molecule has 0 unspecified atom stereocenters. The molecule has 0 bridgehead atoms. The van der Waals surface area contributed by atoms with Crippen LogP contribution in [0.4, 0.5) is 0 Å². The number of hydrogen-bond donors (Lipinski definition) is 0. The summed E-state index contributed by atoms with van der Waals surface area (Å²) >= 11 is 0. The third kappa shape index (κ3) is 3.24. The van der Waals surface area contributed by atoms with E-state index in [1.165, 1.54) is 0 Å². The highest BCUT2D eigenvalue weighted by atomic mass is 16.5. The molecule has 0 aliphatic carbocycles. The van der Waals surface area contributed by atoms with Gasteiger partial charge in [0.1, 0.15) is 11.5 Å². The fourth-order valence-electron chi connectivity index (χ4n) is 1.50. The molecule has 2 rings (SSSR count). The van der Waals surface area contributed by atoms with Crippen LogP contribution in [0.15, 0.2) is 22.7 Å². The second kappa shape index (κ2) is 4.91. The monoisotopic (exact) mass is 259 g/mol. The van der Waals surface area contributed by atoms with Gasteiger partial charge in [0.25, 0.3) is 0 Å². The Morgan fingerprint density at radius 3 is 2.63 bits per heavy atom. The van der Waals surface area contributed by atoms with E-state index >= 15 is 0 Å². The van der Waals surface area contributed by atoms with Crippen LogP contribution in [-0.4, -0.2) is 20.9 Å². The van der Waals surface area contributed by atoms with Gasteiger partial charge in [-0.05, 0) is 19.1 Å². The van der Waals surface area contributed by atoms with E-state index in [2.05, 4.69) is 15.1 Å². The number of carbonyl (C=O) groups is 1. The lowest BCUT2D eigenvalue weighted by Crippen LogP contribution is -2.22. The first-order chi connectivity index (χ1) is 8.86. The van der Waals surface area contributed by atoms with Gasteiger partial charge >= 0.3 is 0 Å². The Bertz CT molecular complexity index is 597. The highest BCUT2D eigenvalue weighted by Crippen LogP contribution is 2.19. The van der Waals surface area contributed by atoms with Crippen molar-refractivity contribution in [2.24, 2.45) is 5.41 Å². The van der Waals surface area contributed by atoms with Gasteiger partial charge in [-0.2, -0.15) is 4.98 Å². The lowest BCUT2D eigenvalue weighted by Gasteiger charge is -2.14. The van der Waals surface area contributed by atoms with Crippen LogP contribution in [0.25, 0.3) is 11.5 Å². The maximum Gasteiger partial charge on any atom is 0.234 e. The number of rotatable bonds is 3. The van der Waals surface area contributed by atoms with Crippen molar-refractivity contribution in [3.05, 3.63) is 29.8 Å². The van der Waals surface area contributed by atoms with Crippen LogP contribution in [0, 0.1) is 12.3 Å². The van der Waals surface area contributed by atoms with Gasteiger partial charge in [-0.25, -0.2) is 4.98 Å². The molecule has 5 nitrogen and oxygen atoms in total. The van der Waals surface area contributed by atoms with E-state index in [0.29, 0.717) is 17.4 Å². The highest BCUT2D eigenvalue weighted by Gasteiger charge is 2.24. The maximum absolute atomic E-state index is 11.9. The van der Waals surface area contributed by atoms with Crippen LogP contribution in [0.2, 0.25) is 0 Å². The van der Waals surface area contributed by atoms with E-state index in [0.717, 1.165) is 5.69 Å². The number of aryl methyl sites for hydroxylation is 1. The molecule has 0 aliphatic rings. The first-order valence-electron chi connectivity index (χ1n) is 6.16. The van der Waals surface area contributed by atoms with Gasteiger partial charge in [-0.1, -0.05) is 32.0 Å². The first-order valence-corrected chi connectivity index (χ1v) is 6.16. The van der Waals surface area contributed by atoms with Crippen molar-refractivity contribution >= 4 is 5.78 Å². The quantitative estimate of drug-likeness (QED) is 0.847. The van der Waals surface area contributed by atoms with Gasteiger partial charge < -0.3 is 4.52 Å². The molecular formula is C14H17N3O2. The minimum absolute atomic E-state index is 0.0694. The van der Waals surface area contributed by atoms with Crippen molar-refractivity contribution in [2.45, 2.75) is 34.1 Å². The Balaban J connectivity index is 2.18. The van der Waals surface area contributed by atoms with Crippen molar-refractivity contribution < 1.29 is 9.32 Å². The number of Topliss-reactive ketones (excluding diaryl/α,β-unsaturated/α-hetero) is 1. The molecule has 0 aliphatic heterocycles. The van der Waals surface area contributed by atoms with Crippen LogP contribution >= 0.6 is 0 Å². The molecule has 0 saturated heterocycles. The van der Waals surface area contributed by atoms with Gasteiger partial charge in [-0.15, -0.1) is 0 Å². The van der Waals surface area contributed by atoms with Crippen molar-refractivity contribution in [3.8, 4) is 11.5 Å². The van der Waals surface area contributed by atoms with Gasteiger partial charge in [0.2, 0.25) is 11.7 Å². The molecule has 0 fully saturated rings. The fraction of sp³-hybridized carbons (Fsp3) is 0.429. The van der Waals surface area contributed by atoms with E-state index < -0.39 is 5.41 Å². The number of carbonyl (C=O) groups excluding carboxylic acids is 1. The molecule has 0 N–H and O–H groups in total. The van der Waals surface area contributed by atoms with E-state index in [-0.39, 0.29) is 12.2 Å². The van der Waals surface area contributed by atoms with Crippen molar-refractivity contribution in [3.63, 3.8) is 0 Å². The zero-order valence-electron chi connectivity index (χ0n) is 11.6. The Kier molecular flexibility index (Phi) is 3.46. The van der Waals surface area contributed by atoms with E-state index in [1.54, 1.807) is 0 Å². The number of ketones is 1. The average molecular weight is 259 g/mol. The summed E-state index contributed by atoms with van der Waals surface area (Å²) in [6.45, 7) is 7.51. The Morgan fingerprint density at radius 1 is 1.26 bits per heavy atom. The van der Waals surface area contributed by atoms with Crippen LogP contribution < -0.4 is 0 Å². The Morgan fingerprint density at radius 2 is 2.00 bits per heavy atom. The van der Waals surface area contributed by atoms with Crippen LogP contribution in [0.1, 0.15) is 32.4 Å². The highest BCUT2D eigenvalue weighted by molar-refractivity contribution is 5.85. The minimum Gasteiger partial charge on any atom is -0.338 e. The molecule has 0 aromatic carbocycles. The zero-order chi connectivity index (χ0) is 14.0. The lowest BCUT2D eigenvalue weighted by atomic mass is 9.89. The van der Waals surface area contributed by atoms with E-state index in [9.17, 15) is 4.79 Å². The molecule has 0 radical (unpaired) electrons. The second-order valence-corrected chi connectivity index (χ2v) is 5.53. The normalized spacial score (nSPS) is 11.6. The Hall–Kier alpha value is -2.04. The number of nitrogens with zero attached hydrogens (tertiary/aromatic N) is 3. The van der Waals surface area contributed by atoms with Crippen molar-refractivity contribution in [1.29, 1.82) is 0 Å². The van der Waals surface area contributed by atoms with Crippen LogP contribution in [0.3, 0.4) is 0 Å². The largest absolute Gasteiger partial charge is 0.338 e. The van der Waals surface area contributed by atoms with Crippen molar-refractivity contribution in [2.75, 3.05) is 0 Å². The van der Waals surface area contributed by atoms with E-state index in [1.807, 2.05) is 45.9 Å². The lowest BCUT2D eigenvalue weighted by molar-refractivity contribution is -0.125. The van der Waals surface area contributed by atoms with Crippen molar-refractivity contribution in [1.82, 2.24) is 15.1 Å². The van der Waals surface area contributed by atoms with Crippen LogP contribution in [0.5, 0.6) is 0 Å². The molecule has 2 aromatic heterocycles. The summed E-state index contributed by atoms with van der Waals surface area (Å²) in [6, 6.07) is 5.59. The summed E-state index contributed by atoms with van der Waals surface area (Å²) in [6.07, 6.45) is 0.155. The SMILES string of the molecule is Cc1cccc(-c2noc(CC(=O)C(C)(C)C)n2)n1. The molecule has 5 heteroatoms. The predicted molar refractivity (Wildman–Crippen MR) is 70.4 cm³/mol. The Labute approximate surface area is 112 Å². The maximum atomic E-state index is 11.9. The second-order valence-electron chi connectivity index (χ2n) is 5.53. The number of hydrogen-bond acceptors (Lipinski definition) is 5. The molecule has 0 spiro atoms. The minimum atomic E-state index is -0.407. The predicted octanol–water partition coefficient (Wildman–Crippen LogP) is 2.60. The van der Waals surface area contributed by atoms with Gasteiger partial charge in [0.05, 0.1) is 6.42 Å². The standard InChI is InChI=1S/C14H17N3O2/c1-9-6-5-7-10(15-9)13-16-12(19-17-13)8-11(18)14(2,3)4/h5-7H,8H2,1-4H3. The van der Waals surface area contributed by atoms with Gasteiger partial charge in [0.15, 0.2) is 0 Å². The molecule has 0 amide bonds. The summed E-state index contributed by atoms with van der Waals surface area (Å²) in [4.78, 5) is 20.4. The molecule has 0 atom stereocenters. The van der Waals surface area contributed by atoms with Gasteiger partial charge in [0, 0.05) is 11.1 Å². The van der Waals surface area contributed by atoms with Crippen LogP contribution in [-0.2, 0) is 11.2 Å². The first kappa shape index (κ1) is 13.4. The topological polar surface area (TPSA) is 68.9 Å². The molecular weight excluding hydrogens is 242 g/mol. The summed E-state index contributed by atoms with van der Waals surface area (Å²) in [7, 11) is 0. The summed E-state index contributed by atoms with van der Waals surface area (Å²) < 4.78 is 5.10. The van der Waals surface area contributed by atoms with E-state index in [4.69, 9.17) is 4.52 Å². The average Bonchev–Trinajstić information content (AvgIpc) is 2.76. The molecule has 0 saturated carbocycles. The molecule has 100 valence electrons. The molecule has 2 heterocycles. The summed E-state index contributed by atoms with van der Waals surface area (Å²) in [5.41, 5.74) is 1.13. The molecule has 19 heavy (non-hydrogen) atoms.